The highest BCUT2D eigenvalue weighted by Crippen LogP contribution is 2.42. The summed E-state index contributed by atoms with van der Waals surface area (Å²) in [6, 6.07) is 1.11. The summed E-state index contributed by atoms with van der Waals surface area (Å²) in [5.41, 5.74) is -0.425. The van der Waals surface area contributed by atoms with Gasteiger partial charge < -0.3 is 20.1 Å². The van der Waals surface area contributed by atoms with Gasteiger partial charge in [0.05, 0.1) is 0 Å². The highest BCUT2D eigenvalue weighted by Gasteiger charge is 2.49. The Balaban J connectivity index is 1.84. The molecule has 0 aliphatic carbocycles. The number of fused-ring (bicyclic) bond motifs is 2. The van der Waals surface area contributed by atoms with Crippen molar-refractivity contribution in [1.82, 2.24) is 10.2 Å². The first-order valence-electron chi connectivity index (χ1n) is 8.67. The molecule has 1 amide bonds. The Labute approximate surface area is 134 Å². The number of amides is 1. The molecule has 0 spiro atoms. The van der Waals surface area contributed by atoms with E-state index in [0.29, 0.717) is 24.0 Å². The highest BCUT2D eigenvalue weighted by atomic mass is 16.6. The van der Waals surface area contributed by atoms with Crippen LogP contribution in [0.5, 0.6) is 0 Å². The second-order valence-electron chi connectivity index (χ2n) is 7.86. The fourth-order valence-electron chi connectivity index (χ4n) is 3.78. The van der Waals surface area contributed by atoms with Gasteiger partial charge in [-0.15, -0.1) is 0 Å². The molecule has 2 bridgehead atoms. The van der Waals surface area contributed by atoms with Crippen LogP contribution in [0, 0.1) is 5.92 Å². The van der Waals surface area contributed by atoms with Crippen LogP contribution in [0.1, 0.15) is 59.8 Å². The molecule has 2 fully saturated rings. The standard InChI is InChI=1S/C17H32N2O3/c1-12(6-5-9-20)18-11-13-10-14-7-8-15(13)19(14)16(21)22-17(2,3)4/h12-15,18,20H,5-11H2,1-4H3. The van der Waals surface area contributed by atoms with Crippen molar-refractivity contribution in [3.05, 3.63) is 0 Å². The van der Waals surface area contributed by atoms with E-state index in [1.54, 1.807) is 0 Å². The van der Waals surface area contributed by atoms with Gasteiger partial charge in [-0.3, -0.25) is 0 Å². The SMILES string of the molecule is CC(CCCO)NCC1CC2CCC1N2C(=O)OC(C)(C)C. The van der Waals surface area contributed by atoms with E-state index >= 15 is 0 Å². The van der Waals surface area contributed by atoms with Crippen LogP contribution in [0.25, 0.3) is 0 Å². The molecule has 2 N–H and O–H groups in total. The molecular weight excluding hydrogens is 280 g/mol. The summed E-state index contributed by atoms with van der Waals surface area (Å²) in [6.07, 6.45) is 4.99. The zero-order chi connectivity index (χ0) is 16.3. The van der Waals surface area contributed by atoms with Crippen molar-refractivity contribution in [1.29, 1.82) is 0 Å². The Morgan fingerprint density at radius 1 is 1.41 bits per heavy atom. The summed E-state index contributed by atoms with van der Waals surface area (Å²) in [6.45, 7) is 9.13. The Morgan fingerprint density at radius 2 is 2.14 bits per heavy atom. The third-order valence-electron chi connectivity index (χ3n) is 4.79. The summed E-state index contributed by atoms with van der Waals surface area (Å²) in [7, 11) is 0. The van der Waals surface area contributed by atoms with E-state index in [-0.39, 0.29) is 12.7 Å². The van der Waals surface area contributed by atoms with Crippen LogP contribution in [0.4, 0.5) is 4.79 Å². The molecule has 0 saturated carbocycles. The first-order valence-corrected chi connectivity index (χ1v) is 8.67. The first kappa shape index (κ1) is 17.5. The molecule has 128 valence electrons. The van der Waals surface area contributed by atoms with Gasteiger partial charge in [0.15, 0.2) is 0 Å². The summed E-state index contributed by atoms with van der Waals surface area (Å²) in [5, 5.41) is 12.4. The van der Waals surface area contributed by atoms with E-state index in [9.17, 15) is 4.79 Å². The van der Waals surface area contributed by atoms with Gasteiger partial charge in [-0.1, -0.05) is 0 Å². The van der Waals surface area contributed by atoms with Crippen molar-refractivity contribution in [2.24, 2.45) is 5.92 Å². The molecule has 2 aliphatic heterocycles. The molecule has 4 unspecified atom stereocenters. The monoisotopic (exact) mass is 312 g/mol. The van der Waals surface area contributed by atoms with Gasteiger partial charge in [0.1, 0.15) is 5.60 Å². The van der Waals surface area contributed by atoms with Gasteiger partial charge >= 0.3 is 6.09 Å². The van der Waals surface area contributed by atoms with Crippen LogP contribution in [-0.2, 0) is 4.74 Å². The lowest BCUT2D eigenvalue weighted by Crippen LogP contribution is -2.42. The quantitative estimate of drug-likeness (QED) is 0.791. The molecule has 22 heavy (non-hydrogen) atoms. The number of aliphatic hydroxyl groups is 1. The first-order chi connectivity index (χ1) is 10.3. The van der Waals surface area contributed by atoms with Crippen LogP contribution >= 0.6 is 0 Å². The lowest BCUT2D eigenvalue weighted by atomic mass is 9.89. The molecular formula is C17H32N2O3. The number of ether oxygens (including phenoxy) is 1. The van der Waals surface area contributed by atoms with Crippen LogP contribution in [0.3, 0.4) is 0 Å². The van der Waals surface area contributed by atoms with Crippen molar-refractivity contribution >= 4 is 6.09 Å². The van der Waals surface area contributed by atoms with E-state index in [2.05, 4.69) is 12.2 Å². The number of aliphatic hydroxyl groups excluding tert-OH is 1. The Hall–Kier alpha value is -0.810. The minimum absolute atomic E-state index is 0.143. The third kappa shape index (κ3) is 4.35. The van der Waals surface area contributed by atoms with Crippen molar-refractivity contribution in [3.63, 3.8) is 0 Å². The molecule has 4 atom stereocenters. The normalized spacial score (nSPS) is 29.0. The number of carbonyl (C=O) groups excluding carboxylic acids is 1. The van der Waals surface area contributed by atoms with Gasteiger partial charge in [0, 0.05) is 31.3 Å². The summed E-state index contributed by atoms with van der Waals surface area (Å²) < 4.78 is 5.57. The number of rotatable bonds is 6. The fourth-order valence-corrected chi connectivity index (χ4v) is 3.78. The topological polar surface area (TPSA) is 61.8 Å². The summed E-state index contributed by atoms with van der Waals surface area (Å²) in [4.78, 5) is 14.4. The number of hydrogen-bond donors (Lipinski definition) is 2. The summed E-state index contributed by atoms with van der Waals surface area (Å²) >= 11 is 0. The molecule has 5 heteroatoms. The number of nitrogens with one attached hydrogen (secondary N) is 1. The van der Waals surface area contributed by atoms with Gasteiger partial charge in [-0.25, -0.2) is 4.79 Å². The average molecular weight is 312 g/mol. The Kier molecular flexibility index (Phi) is 5.72. The molecule has 0 aromatic carbocycles. The number of carbonyl (C=O) groups is 1. The molecule has 0 aromatic heterocycles. The van der Waals surface area contributed by atoms with E-state index in [1.165, 1.54) is 0 Å². The van der Waals surface area contributed by atoms with Crippen molar-refractivity contribution in [3.8, 4) is 0 Å². The van der Waals surface area contributed by atoms with Gasteiger partial charge in [0.25, 0.3) is 0 Å². The Morgan fingerprint density at radius 3 is 2.77 bits per heavy atom. The van der Waals surface area contributed by atoms with Crippen LogP contribution in [-0.4, -0.2) is 53.0 Å². The molecule has 5 nitrogen and oxygen atoms in total. The number of nitrogens with zero attached hydrogens (tertiary/aromatic N) is 1. The minimum Gasteiger partial charge on any atom is -0.444 e. The zero-order valence-corrected chi connectivity index (χ0v) is 14.5. The maximum absolute atomic E-state index is 12.4. The van der Waals surface area contributed by atoms with E-state index in [0.717, 1.165) is 38.6 Å². The molecule has 0 aromatic rings. The maximum atomic E-state index is 12.4. The molecule has 2 saturated heterocycles. The predicted octanol–water partition coefficient (Wildman–Crippen LogP) is 2.53. The molecule has 2 aliphatic rings. The third-order valence-corrected chi connectivity index (χ3v) is 4.79. The van der Waals surface area contributed by atoms with Crippen molar-refractivity contribution in [2.45, 2.75) is 83.5 Å². The smallest absolute Gasteiger partial charge is 0.410 e. The molecule has 2 heterocycles. The minimum atomic E-state index is -0.425. The van der Waals surface area contributed by atoms with Crippen molar-refractivity contribution < 1.29 is 14.6 Å². The largest absolute Gasteiger partial charge is 0.444 e. The second kappa shape index (κ2) is 7.18. The number of hydrogen-bond acceptors (Lipinski definition) is 4. The summed E-state index contributed by atoms with van der Waals surface area (Å²) in [5.74, 6) is 0.530. The van der Waals surface area contributed by atoms with Crippen LogP contribution < -0.4 is 5.32 Å². The predicted molar refractivity (Wildman–Crippen MR) is 86.8 cm³/mol. The fraction of sp³-hybridized carbons (Fsp3) is 0.941. The lowest BCUT2D eigenvalue weighted by Gasteiger charge is -2.28. The van der Waals surface area contributed by atoms with Crippen molar-refractivity contribution in [2.75, 3.05) is 13.2 Å². The van der Waals surface area contributed by atoms with Gasteiger partial charge in [-0.2, -0.15) is 0 Å². The van der Waals surface area contributed by atoms with Crippen LogP contribution in [0.15, 0.2) is 0 Å². The highest BCUT2D eigenvalue weighted by molar-refractivity contribution is 5.70. The van der Waals surface area contributed by atoms with Crippen LogP contribution in [0.2, 0.25) is 0 Å². The molecule has 0 radical (unpaired) electrons. The lowest BCUT2D eigenvalue weighted by molar-refractivity contribution is 0.0205. The van der Waals surface area contributed by atoms with E-state index < -0.39 is 5.60 Å². The second-order valence-corrected chi connectivity index (χ2v) is 7.86. The van der Waals surface area contributed by atoms with E-state index in [4.69, 9.17) is 9.84 Å². The maximum Gasteiger partial charge on any atom is 0.410 e. The van der Waals surface area contributed by atoms with Gasteiger partial charge in [0.2, 0.25) is 0 Å². The van der Waals surface area contributed by atoms with Gasteiger partial charge in [-0.05, 0) is 65.7 Å². The van der Waals surface area contributed by atoms with E-state index in [1.807, 2.05) is 25.7 Å². The average Bonchev–Trinajstić information content (AvgIpc) is 2.98. The molecule has 2 rings (SSSR count). The Bertz CT molecular complexity index is 381. The zero-order valence-electron chi connectivity index (χ0n) is 14.5.